The fourth-order valence-electron chi connectivity index (χ4n) is 2.54. The molecule has 2 aliphatic carbocycles. The van der Waals surface area contributed by atoms with E-state index in [4.69, 9.17) is 0 Å². The Morgan fingerprint density at radius 1 is 1.31 bits per heavy atom. The van der Waals surface area contributed by atoms with Crippen molar-refractivity contribution >= 4 is 0 Å². The Morgan fingerprint density at radius 2 is 2.19 bits per heavy atom. The van der Waals surface area contributed by atoms with Gasteiger partial charge in [0.05, 0.1) is 6.04 Å². The molecule has 3 aliphatic rings. The molecular weight excluding hydrogens is 208 g/mol. The van der Waals surface area contributed by atoms with Crippen molar-refractivity contribution in [1.82, 2.24) is 5.32 Å². The van der Waals surface area contributed by atoms with Crippen LogP contribution in [0.3, 0.4) is 0 Å². The summed E-state index contributed by atoms with van der Waals surface area (Å²) in [6, 6.07) is 0.152. The largest absolute Gasteiger partial charge is 0.378 e. The normalized spacial score (nSPS) is 36.4. The monoisotopic (exact) mass is 221 g/mol. The van der Waals surface area contributed by atoms with Gasteiger partial charge in [-0.25, -0.2) is 8.78 Å². The van der Waals surface area contributed by atoms with Crippen molar-refractivity contribution in [3.8, 4) is 0 Å². The third-order valence-electron chi connectivity index (χ3n) is 3.35. The van der Waals surface area contributed by atoms with Gasteiger partial charge in [0.25, 0.3) is 0 Å². The summed E-state index contributed by atoms with van der Waals surface area (Å²) in [5.74, 6) is -0.0811. The summed E-state index contributed by atoms with van der Waals surface area (Å²) in [5, 5.41) is 3.33. The van der Waals surface area contributed by atoms with E-state index in [1.807, 2.05) is 12.2 Å². The predicted octanol–water partition coefficient (Wildman–Crippen LogP) is 2.94. The van der Waals surface area contributed by atoms with E-state index in [0.29, 0.717) is 6.42 Å². The first-order valence-corrected chi connectivity index (χ1v) is 5.60. The molecule has 0 bridgehead atoms. The lowest BCUT2D eigenvalue weighted by atomic mass is 9.81. The van der Waals surface area contributed by atoms with Gasteiger partial charge >= 0.3 is 0 Å². The third kappa shape index (κ3) is 1.60. The number of hydrogen-bond acceptors (Lipinski definition) is 1. The maximum atomic E-state index is 13.2. The van der Waals surface area contributed by atoms with Crippen LogP contribution in [-0.2, 0) is 0 Å². The predicted molar refractivity (Wildman–Crippen MR) is 59.0 cm³/mol. The highest BCUT2D eigenvalue weighted by Gasteiger charge is 2.30. The number of alkyl halides is 1. The van der Waals surface area contributed by atoms with Gasteiger partial charge in [-0.3, -0.25) is 0 Å². The van der Waals surface area contributed by atoms with E-state index in [-0.39, 0.29) is 17.8 Å². The number of piperidine rings is 1. The average molecular weight is 221 g/mol. The number of allylic oxidation sites excluding steroid dienone is 5. The lowest BCUT2D eigenvalue weighted by Gasteiger charge is -2.36. The van der Waals surface area contributed by atoms with Gasteiger partial charge in [0.15, 0.2) is 0 Å². The van der Waals surface area contributed by atoms with Crippen LogP contribution in [0.4, 0.5) is 8.78 Å². The highest BCUT2D eigenvalue weighted by molar-refractivity contribution is 5.40. The minimum Gasteiger partial charge on any atom is -0.378 e. The Kier molecular flexibility index (Phi) is 2.20. The molecular formula is C13H13F2N. The molecule has 0 spiro atoms. The van der Waals surface area contributed by atoms with Crippen LogP contribution in [-0.4, -0.2) is 12.2 Å². The molecule has 0 amide bonds. The molecule has 3 unspecified atom stereocenters. The van der Waals surface area contributed by atoms with E-state index in [1.165, 1.54) is 6.08 Å². The van der Waals surface area contributed by atoms with Crippen molar-refractivity contribution in [2.24, 2.45) is 5.92 Å². The van der Waals surface area contributed by atoms with Gasteiger partial charge in [0.1, 0.15) is 12.0 Å². The molecule has 16 heavy (non-hydrogen) atoms. The SMILES string of the molecule is FC1=CC2CC3=CC(F)CC=C3NC2C=C1. The maximum Gasteiger partial charge on any atom is 0.122 e. The molecule has 0 aromatic heterocycles. The van der Waals surface area contributed by atoms with E-state index in [1.54, 1.807) is 12.2 Å². The van der Waals surface area contributed by atoms with Crippen molar-refractivity contribution in [3.05, 3.63) is 47.5 Å². The summed E-state index contributed by atoms with van der Waals surface area (Å²) < 4.78 is 26.3. The van der Waals surface area contributed by atoms with Gasteiger partial charge in [-0.1, -0.05) is 12.2 Å². The Balaban J connectivity index is 1.88. The van der Waals surface area contributed by atoms with E-state index in [2.05, 4.69) is 5.32 Å². The molecule has 3 atom stereocenters. The highest BCUT2D eigenvalue weighted by atomic mass is 19.1. The van der Waals surface area contributed by atoms with Gasteiger partial charge in [-0.2, -0.15) is 0 Å². The molecule has 1 heterocycles. The topological polar surface area (TPSA) is 12.0 Å². The van der Waals surface area contributed by atoms with Crippen LogP contribution < -0.4 is 5.32 Å². The molecule has 1 saturated heterocycles. The van der Waals surface area contributed by atoms with Crippen LogP contribution in [0.25, 0.3) is 0 Å². The molecule has 84 valence electrons. The highest BCUT2D eigenvalue weighted by Crippen LogP contribution is 2.35. The average Bonchev–Trinajstić information content (AvgIpc) is 2.26. The number of halogens is 2. The van der Waals surface area contributed by atoms with Crippen molar-refractivity contribution < 1.29 is 8.78 Å². The smallest absolute Gasteiger partial charge is 0.122 e. The lowest BCUT2D eigenvalue weighted by molar-refractivity contribution is 0.382. The van der Waals surface area contributed by atoms with Gasteiger partial charge in [0.2, 0.25) is 0 Å². The Morgan fingerprint density at radius 3 is 3.06 bits per heavy atom. The molecule has 0 saturated carbocycles. The summed E-state index contributed by atoms with van der Waals surface area (Å²) in [5.41, 5.74) is 2.01. The second kappa shape index (κ2) is 3.58. The summed E-state index contributed by atoms with van der Waals surface area (Å²) in [6.45, 7) is 0. The number of nitrogens with one attached hydrogen (secondary N) is 1. The summed E-state index contributed by atoms with van der Waals surface area (Å²) in [6.07, 6.45) is 8.80. The lowest BCUT2D eigenvalue weighted by Crippen LogP contribution is -2.40. The quantitative estimate of drug-likeness (QED) is 0.663. The fourth-order valence-corrected chi connectivity index (χ4v) is 2.54. The first kappa shape index (κ1) is 9.82. The molecule has 1 fully saturated rings. The second-order valence-electron chi connectivity index (χ2n) is 4.51. The first-order valence-electron chi connectivity index (χ1n) is 5.60. The second-order valence-corrected chi connectivity index (χ2v) is 4.51. The summed E-state index contributed by atoms with van der Waals surface area (Å²) in [4.78, 5) is 0. The Hall–Kier alpha value is -1.38. The van der Waals surface area contributed by atoms with Crippen LogP contribution in [0, 0.1) is 5.92 Å². The van der Waals surface area contributed by atoms with Crippen molar-refractivity contribution in [2.75, 3.05) is 0 Å². The van der Waals surface area contributed by atoms with E-state index < -0.39 is 6.17 Å². The van der Waals surface area contributed by atoms with Crippen molar-refractivity contribution in [1.29, 1.82) is 0 Å². The Labute approximate surface area is 93.2 Å². The Bertz CT molecular complexity index is 431. The third-order valence-corrected chi connectivity index (χ3v) is 3.35. The molecule has 3 heteroatoms. The van der Waals surface area contributed by atoms with E-state index >= 15 is 0 Å². The van der Waals surface area contributed by atoms with Crippen LogP contribution >= 0.6 is 0 Å². The van der Waals surface area contributed by atoms with Crippen molar-refractivity contribution in [2.45, 2.75) is 25.1 Å². The maximum absolute atomic E-state index is 13.2. The standard InChI is InChI=1S/C13H13F2N/c14-10-1-3-12-8(6-10)5-9-7-11(15)2-4-13(9)16-12/h1,3-4,6-8,11-12,16H,2,5H2. The van der Waals surface area contributed by atoms with Gasteiger partial charge in [0, 0.05) is 18.0 Å². The zero-order chi connectivity index (χ0) is 11.1. The van der Waals surface area contributed by atoms with Gasteiger partial charge in [-0.15, -0.1) is 0 Å². The van der Waals surface area contributed by atoms with Crippen LogP contribution in [0.5, 0.6) is 0 Å². The zero-order valence-electron chi connectivity index (χ0n) is 8.79. The minimum atomic E-state index is -0.884. The molecule has 1 aliphatic heterocycles. The molecule has 3 rings (SSSR count). The molecule has 1 nitrogen and oxygen atoms in total. The van der Waals surface area contributed by atoms with Gasteiger partial charge < -0.3 is 5.32 Å². The van der Waals surface area contributed by atoms with Gasteiger partial charge in [-0.05, 0) is 30.2 Å². The van der Waals surface area contributed by atoms with Crippen LogP contribution in [0.15, 0.2) is 47.5 Å². The first-order chi connectivity index (χ1) is 7.72. The zero-order valence-corrected chi connectivity index (χ0v) is 8.79. The van der Waals surface area contributed by atoms with Crippen molar-refractivity contribution in [3.63, 3.8) is 0 Å². The van der Waals surface area contributed by atoms with Crippen LogP contribution in [0.1, 0.15) is 12.8 Å². The molecule has 0 aromatic rings. The molecule has 1 N–H and O–H groups in total. The van der Waals surface area contributed by atoms with Crippen LogP contribution in [0.2, 0.25) is 0 Å². The minimum absolute atomic E-state index is 0.110. The van der Waals surface area contributed by atoms with E-state index in [9.17, 15) is 8.78 Å². The summed E-state index contributed by atoms with van der Waals surface area (Å²) >= 11 is 0. The fraction of sp³-hybridized carbons (Fsp3) is 0.385. The number of hydrogen-bond donors (Lipinski definition) is 1. The number of rotatable bonds is 0. The number of fused-ring (bicyclic) bond motifs is 2. The molecule has 0 radical (unpaired) electrons. The summed E-state index contributed by atoms with van der Waals surface area (Å²) in [7, 11) is 0. The van der Waals surface area contributed by atoms with E-state index in [0.717, 1.165) is 17.7 Å². The molecule has 0 aromatic carbocycles.